The van der Waals surface area contributed by atoms with E-state index in [1.807, 2.05) is 0 Å². The first-order valence-corrected chi connectivity index (χ1v) is 0.928. The molecule has 0 fully saturated rings. The molecule has 0 bridgehead atoms. The molecule has 0 amide bonds. The molecule has 0 radical (unpaired) electrons. The van der Waals surface area contributed by atoms with Crippen molar-refractivity contribution < 1.29 is 39.5 Å². The predicted octanol–water partition coefficient (Wildman–Crippen LogP) is -3.18. The van der Waals surface area contributed by atoms with Gasteiger partial charge in [-0.1, -0.05) is 0 Å². The van der Waals surface area contributed by atoms with Crippen LogP contribution in [0, 0.1) is 0 Å². The van der Waals surface area contributed by atoms with Gasteiger partial charge in [-0.05, 0) is 0 Å². The molecule has 0 saturated heterocycles. The first-order chi connectivity index (χ1) is 1.73. The summed E-state index contributed by atoms with van der Waals surface area (Å²) >= 11 is 0. The van der Waals surface area contributed by atoms with Crippen LogP contribution < -0.4 is 29.6 Å². The number of hydrogen-bond acceptors (Lipinski definition) is 2. The van der Waals surface area contributed by atoms with Gasteiger partial charge >= 0.3 is 29.6 Å². The summed E-state index contributed by atoms with van der Waals surface area (Å²) in [6, 6.07) is 0. The standard InChI is InChI=1S/C2H4O2.Na.H2S/c1-2(3)4;;/h1H3,(H,3,4);;1H2/q;+1;/p-1. The number of rotatable bonds is 0. The van der Waals surface area contributed by atoms with Gasteiger partial charge in [0.1, 0.15) is 0 Å². The van der Waals surface area contributed by atoms with E-state index in [-0.39, 0.29) is 43.1 Å². The number of hydrogen-bond donors (Lipinski definition) is 1. The Morgan fingerprint density at radius 3 is 1.67 bits per heavy atom. The molecule has 6 heavy (non-hydrogen) atoms. The van der Waals surface area contributed by atoms with E-state index in [9.17, 15) is 0 Å². The fraction of sp³-hybridized carbons (Fsp3) is 0.500. The third-order valence-corrected chi connectivity index (χ3v) is 0. The second kappa shape index (κ2) is 9.27. The van der Waals surface area contributed by atoms with Crippen LogP contribution in [0.15, 0.2) is 0 Å². The number of carboxylic acids is 1. The Kier molecular flexibility index (Phi) is 24.4. The van der Waals surface area contributed by atoms with Gasteiger partial charge in [-0.3, -0.25) is 4.79 Å². The van der Waals surface area contributed by atoms with E-state index in [1.54, 1.807) is 0 Å². The van der Waals surface area contributed by atoms with E-state index in [2.05, 4.69) is 0 Å². The summed E-state index contributed by atoms with van der Waals surface area (Å²) in [6.45, 7) is 1.08. The monoisotopic (exact) mass is 116 g/mol. The third-order valence-electron chi connectivity index (χ3n) is 0. The van der Waals surface area contributed by atoms with Crippen LogP contribution in [0.1, 0.15) is 6.92 Å². The van der Waals surface area contributed by atoms with Gasteiger partial charge in [0.2, 0.25) is 0 Å². The van der Waals surface area contributed by atoms with E-state index < -0.39 is 5.97 Å². The van der Waals surface area contributed by atoms with Gasteiger partial charge in [-0.15, -0.1) is 0 Å². The van der Waals surface area contributed by atoms with E-state index >= 15 is 0 Å². The Hall–Kier alpha value is 0.820. The summed E-state index contributed by atoms with van der Waals surface area (Å²) in [5, 5.41) is 7.42. The maximum Gasteiger partial charge on any atom is 1.00 e. The molecule has 0 aliphatic heterocycles. The molecule has 32 valence electrons. The smallest absolute Gasteiger partial charge is 0.813 e. The molecule has 0 aromatic heterocycles. The zero-order chi connectivity index (χ0) is 3.58. The minimum absolute atomic E-state index is 0. The van der Waals surface area contributed by atoms with Crippen molar-refractivity contribution in [3.05, 3.63) is 0 Å². The quantitative estimate of drug-likeness (QED) is 0.206. The maximum absolute atomic E-state index is 9.00. The number of aliphatic carboxylic acids is 1. The predicted molar refractivity (Wildman–Crippen MR) is 22.1 cm³/mol. The van der Waals surface area contributed by atoms with Crippen molar-refractivity contribution in [1.82, 2.24) is 0 Å². The molecule has 0 heterocycles. The van der Waals surface area contributed by atoms with E-state index in [4.69, 9.17) is 9.90 Å². The Morgan fingerprint density at radius 1 is 1.67 bits per heavy atom. The fourth-order valence-electron chi connectivity index (χ4n) is 0. The van der Waals surface area contributed by atoms with E-state index in [0.29, 0.717) is 0 Å². The average Bonchev–Trinajstić information content (AvgIpc) is 0.811. The molecule has 0 aromatic rings. The molecule has 0 aliphatic rings. The van der Waals surface area contributed by atoms with Crippen molar-refractivity contribution >= 4 is 19.5 Å². The average molecular weight is 116 g/mol. The minimum Gasteiger partial charge on any atom is -0.813 e. The van der Waals surface area contributed by atoms with Gasteiger partial charge in [-0.2, -0.15) is 0 Å². The molecule has 0 saturated carbocycles. The molecule has 2 nitrogen and oxygen atoms in total. The van der Waals surface area contributed by atoms with Gasteiger partial charge < -0.3 is 18.6 Å². The Balaban J connectivity index is -0.0000000450. The minimum atomic E-state index is -0.833. The van der Waals surface area contributed by atoms with Crippen LogP contribution in [0.5, 0.6) is 0 Å². The van der Waals surface area contributed by atoms with Crippen molar-refractivity contribution in [2.45, 2.75) is 6.92 Å². The van der Waals surface area contributed by atoms with Crippen LogP contribution in [0.3, 0.4) is 0 Å². The summed E-state index contributed by atoms with van der Waals surface area (Å²) in [5.41, 5.74) is 0. The van der Waals surface area contributed by atoms with Crippen LogP contribution >= 0.6 is 0 Å². The fourth-order valence-corrected chi connectivity index (χ4v) is 0. The van der Waals surface area contributed by atoms with Gasteiger partial charge in [0, 0.05) is 6.92 Å². The molecule has 0 aromatic carbocycles. The van der Waals surface area contributed by atoms with Crippen LogP contribution in [0.4, 0.5) is 0 Å². The molecule has 0 aliphatic carbocycles. The third kappa shape index (κ3) is 105. The first kappa shape index (κ1) is 15.8. The van der Waals surface area contributed by atoms with Crippen LogP contribution in [0.25, 0.3) is 0 Å². The molecule has 1 N–H and O–H groups in total. The maximum atomic E-state index is 9.00. The Bertz CT molecular complexity index is 34.5. The van der Waals surface area contributed by atoms with Crippen molar-refractivity contribution in [3.8, 4) is 0 Å². The molecular weight excluding hydrogens is 111 g/mol. The van der Waals surface area contributed by atoms with E-state index in [0.717, 1.165) is 6.92 Å². The molecular formula is C2H5NaO2S. The summed E-state index contributed by atoms with van der Waals surface area (Å²) in [5.74, 6) is -0.833. The van der Waals surface area contributed by atoms with Gasteiger partial charge in [0.05, 0.1) is 0 Å². The topological polar surface area (TPSA) is 37.3 Å². The molecule has 0 atom stereocenters. The zero-order valence-electron chi connectivity index (χ0n) is 3.80. The van der Waals surface area contributed by atoms with Gasteiger partial charge in [-0.25, -0.2) is 0 Å². The van der Waals surface area contributed by atoms with Crippen molar-refractivity contribution in [2.24, 2.45) is 0 Å². The second-order valence-electron chi connectivity index (χ2n) is 0.519. The van der Waals surface area contributed by atoms with Crippen molar-refractivity contribution in [3.63, 3.8) is 0 Å². The molecule has 0 spiro atoms. The number of thiol groups is 1. The van der Waals surface area contributed by atoms with E-state index in [1.165, 1.54) is 0 Å². The van der Waals surface area contributed by atoms with Gasteiger partial charge in [0.15, 0.2) is 0 Å². The van der Waals surface area contributed by atoms with Crippen LogP contribution in [-0.2, 0) is 18.3 Å². The SMILES string of the molecule is CC(=O)O.[Na+].[SH-]. The molecule has 0 unspecified atom stereocenters. The first-order valence-electron chi connectivity index (χ1n) is 0.928. The van der Waals surface area contributed by atoms with Crippen molar-refractivity contribution in [2.75, 3.05) is 0 Å². The summed E-state index contributed by atoms with van der Waals surface area (Å²) in [6.07, 6.45) is 0. The van der Waals surface area contributed by atoms with Crippen molar-refractivity contribution in [1.29, 1.82) is 0 Å². The molecule has 0 rings (SSSR count). The summed E-state index contributed by atoms with van der Waals surface area (Å²) < 4.78 is 0. The van der Waals surface area contributed by atoms with Crippen LogP contribution in [0.2, 0.25) is 0 Å². The molecule has 4 heteroatoms. The normalized spacial score (nSPS) is 4.17. The largest absolute Gasteiger partial charge is 1.00 e. The Morgan fingerprint density at radius 2 is 1.67 bits per heavy atom. The Labute approximate surface area is 65.7 Å². The van der Waals surface area contributed by atoms with Crippen LogP contribution in [-0.4, -0.2) is 11.1 Å². The zero-order valence-corrected chi connectivity index (χ0v) is 6.70. The summed E-state index contributed by atoms with van der Waals surface area (Å²) in [4.78, 5) is 9.00. The van der Waals surface area contributed by atoms with Gasteiger partial charge in [0.25, 0.3) is 5.97 Å². The second-order valence-corrected chi connectivity index (χ2v) is 0.519. The summed E-state index contributed by atoms with van der Waals surface area (Å²) in [7, 11) is 0. The number of carboxylic acid groups (broad SMARTS) is 1. The number of carbonyl (C=O) groups is 1.